The summed E-state index contributed by atoms with van der Waals surface area (Å²) in [7, 11) is 0.125. The van der Waals surface area contributed by atoms with Crippen molar-refractivity contribution in [2.75, 3.05) is 30.7 Å². The molecule has 0 spiro atoms. The van der Waals surface area contributed by atoms with E-state index in [9.17, 15) is 9.00 Å². The second kappa shape index (κ2) is 9.90. The van der Waals surface area contributed by atoms with Crippen LogP contribution in [-0.4, -0.2) is 47.2 Å². The van der Waals surface area contributed by atoms with Gasteiger partial charge in [-0.15, -0.1) is 0 Å². The molecule has 2 aromatic rings. The van der Waals surface area contributed by atoms with Gasteiger partial charge in [-0.3, -0.25) is 4.31 Å². The highest BCUT2D eigenvalue weighted by Gasteiger charge is 2.56. The SMILES string of the molecule is CN(c1c(OCc2ccccc2)ccc(C#CC2C3CN(C(=O)OC(C)(C)C)CC23)c1F)S(C)=O. The highest BCUT2D eigenvalue weighted by molar-refractivity contribution is 7.85. The smallest absolute Gasteiger partial charge is 0.410 e. The van der Waals surface area contributed by atoms with Crippen molar-refractivity contribution in [1.82, 2.24) is 4.90 Å². The van der Waals surface area contributed by atoms with Gasteiger partial charge in [0.15, 0.2) is 5.82 Å². The summed E-state index contributed by atoms with van der Waals surface area (Å²) in [5.74, 6) is 6.64. The minimum absolute atomic E-state index is 0.126. The number of rotatable bonds is 5. The largest absolute Gasteiger partial charge is 0.487 e. The second-order valence-corrected chi connectivity index (χ2v) is 11.4. The third-order valence-corrected chi connectivity index (χ3v) is 7.19. The molecule has 1 aliphatic carbocycles. The minimum atomic E-state index is -1.44. The zero-order chi connectivity index (χ0) is 25.3. The number of carbonyl (C=O) groups excluding carboxylic acids is 1. The minimum Gasteiger partial charge on any atom is -0.487 e. The van der Waals surface area contributed by atoms with Crippen molar-refractivity contribution < 1.29 is 22.9 Å². The number of fused-ring (bicyclic) bond motifs is 1. The molecule has 0 bridgehead atoms. The summed E-state index contributed by atoms with van der Waals surface area (Å²) in [6, 6.07) is 12.9. The lowest BCUT2D eigenvalue weighted by Crippen LogP contribution is -2.37. The first-order valence-electron chi connectivity index (χ1n) is 11.6. The van der Waals surface area contributed by atoms with Gasteiger partial charge in [-0.2, -0.15) is 0 Å². The van der Waals surface area contributed by atoms with Gasteiger partial charge >= 0.3 is 6.09 Å². The van der Waals surface area contributed by atoms with Gasteiger partial charge in [-0.05, 0) is 50.3 Å². The number of amides is 1. The van der Waals surface area contributed by atoms with Crippen LogP contribution in [0.3, 0.4) is 0 Å². The van der Waals surface area contributed by atoms with E-state index in [-0.39, 0.29) is 41.7 Å². The third kappa shape index (κ3) is 5.79. The number of likely N-dealkylation sites (tertiary alicyclic amines) is 1. The standard InChI is InChI=1S/C27H31FN2O4S/c1-27(2,3)34-26(31)30-15-21-20(22(21)16-30)13-11-19-12-14-23(25(24(19)28)29(4)35(5)32)33-17-18-9-7-6-8-10-18/h6-10,12,14,20-22H,15-17H2,1-5H3. The van der Waals surface area contributed by atoms with Crippen molar-refractivity contribution >= 4 is 22.8 Å². The quantitative estimate of drug-likeness (QED) is 0.566. The summed E-state index contributed by atoms with van der Waals surface area (Å²) >= 11 is 0. The maximum atomic E-state index is 15.5. The Labute approximate surface area is 209 Å². The third-order valence-electron chi connectivity index (χ3n) is 6.24. The molecule has 2 fully saturated rings. The van der Waals surface area contributed by atoms with Gasteiger partial charge in [0.1, 0.15) is 34.6 Å². The maximum absolute atomic E-state index is 15.5. The van der Waals surface area contributed by atoms with Crippen LogP contribution >= 0.6 is 0 Å². The molecule has 1 heterocycles. The van der Waals surface area contributed by atoms with E-state index in [4.69, 9.17) is 9.47 Å². The molecular weight excluding hydrogens is 467 g/mol. The Hall–Kier alpha value is -3.05. The Balaban J connectivity index is 1.47. The maximum Gasteiger partial charge on any atom is 0.410 e. The summed E-state index contributed by atoms with van der Waals surface area (Å²) in [5.41, 5.74) is 0.785. The molecule has 2 aromatic carbocycles. The first-order chi connectivity index (χ1) is 16.5. The molecule has 186 valence electrons. The number of carbonyl (C=O) groups is 1. The lowest BCUT2D eigenvalue weighted by molar-refractivity contribution is 0.0269. The summed E-state index contributed by atoms with van der Waals surface area (Å²) in [6.07, 6.45) is 1.19. The predicted molar refractivity (Wildman–Crippen MR) is 135 cm³/mol. The fourth-order valence-electron chi connectivity index (χ4n) is 4.29. The normalized spacial score (nSPS) is 21.4. The molecule has 6 nitrogen and oxygen atoms in total. The van der Waals surface area contributed by atoms with Gasteiger partial charge in [0.05, 0.1) is 5.56 Å². The zero-order valence-electron chi connectivity index (χ0n) is 20.7. The lowest BCUT2D eigenvalue weighted by Gasteiger charge is -2.25. The average molecular weight is 499 g/mol. The van der Waals surface area contributed by atoms with Crippen LogP contribution in [0.25, 0.3) is 0 Å². The van der Waals surface area contributed by atoms with Gasteiger partial charge in [-0.1, -0.05) is 42.2 Å². The van der Waals surface area contributed by atoms with E-state index < -0.39 is 22.4 Å². The number of halogens is 1. The molecule has 0 N–H and O–H groups in total. The Morgan fingerprint density at radius 2 is 1.83 bits per heavy atom. The molecule has 35 heavy (non-hydrogen) atoms. The molecule has 4 rings (SSSR count). The van der Waals surface area contributed by atoms with Crippen LogP contribution in [-0.2, 0) is 22.3 Å². The number of piperidine rings is 1. The molecule has 8 heteroatoms. The molecule has 3 unspecified atom stereocenters. The number of nitrogens with zero attached hydrogens (tertiary/aromatic N) is 2. The first kappa shape index (κ1) is 25.1. The fraction of sp³-hybridized carbons (Fsp3) is 0.444. The van der Waals surface area contributed by atoms with Gasteiger partial charge in [0, 0.05) is 32.3 Å². The van der Waals surface area contributed by atoms with Crippen LogP contribution < -0.4 is 9.04 Å². The molecule has 3 atom stereocenters. The van der Waals surface area contributed by atoms with Crippen LogP contribution in [0.15, 0.2) is 42.5 Å². The Bertz CT molecular complexity index is 1170. The molecular formula is C27H31FN2O4S. The van der Waals surface area contributed by atoms with E-state index in [2.05, 4.69) is 11.8 Å². The summed E-state index contributed by atoms with van der Waals surface area (Å²) in [6.45, 7) is 7.03. The molecule has 1 amide bonds. The molecule has 0 radical (unpaired) electrons. The molecule has 2 aliphatic rings. The van der Waals surface area contributed by atoms with E-state index in [0.29, 0.717) is 18.8 Å². The van der Waals surface area contributed by atoms with Crippen LogP contribution in [0, 0.1) is 35.4 Å². The van der Waals surface area contributed by atoms with E-state index in [1.807, 2.05) is 51.1 Å². The Morgan fingerprint density at radius 3 is 2.43 bits per heavy atom. The van der Waals surface area contributed by atoms with Gasteiger partial charge in [0.2, 0.25) is 0 Å². The number of hydrogen-bond donors (Lipinski definition) is 0. The van der Waals surface area contributed by atoms with Crippen molar-refractivity contribution in [3.05, 3.63) is 59.4 Å². The van der Waals surface area contributed by atoms with Gasteiger partial charge in [-0.25, -0.2) is 13.4 Å². The Morgan fingerprint density at radius 1 is 1.17 bits per heavy atom. The highest BCUT2D eigenvalue weighted by atomic mass is 32.2. The van der Waals surface area contributed by atoms with Gasteiger partial charge < -0.3 is 14.4 Å². The van der Waals surface area contributed by atoms with Crippen molar-refractivity contribution in [2.45, 2.75) is 33.0 Å². The van der Waals surface area contributed by atoms with E-state index >= 15 is 4.39 Å². The first-order valence-corrected chi connectivity index (χ1v) is 13.1. The van der Waals surface area contributed by atoms with Gasteiger partial charge in [0.25, 0.3) is 0 Å². The van der Waals surface area contributed by atoms with Crippen molar-refractivity contribution in [3.8, 4) is 17.6 Å². The number of benzene rings is 2. The Kier molecular flexibility index (Phi) is 7.09. The summed E-state index contributed by atoms with van der Waals surface area (Å²) in [4.78, 5) is 14.0. The molecule has 1 saturated heterocycles. The van der Waals surface area contributed by atoms with Crippen LogP contribution in [0.4, 0.5) is 14.9 Å². The van der Waals surface area contributed by atoms with Crippen LogP contribution in [0.2, 0.25) is 0 Å². The number of anilines is 1. The average Bonchev–Trinajstić information content (AvgIpc) is 3.24. The lowest BCUT2D eigenvalue weighted by atomic mass is 10.1. The molecule has 1 aliphatic heterocycles. The van der Waals surface area contributed by atoms with Crippen LogP contribution in [0.1, 0.15) is 31.9 Å². The van der Waals surface area contributed by atoms with Crippen LogP contribution in [0.5, 0.6) is 5.75 Å². The molecule has 0 aromatic heterocycles. The highest BCUT2D eigenvalue weighted by Crippen LogP contribution is 2.51. The second-order valence-electron chi connectivity index (χ2n) is 9.98. The fourth-order valence-corrected chi connectivity index (χ4v) is 4.72. The van der Waals surface area contributed by atoms with E-state index in [1.165, 1.54) is 10.6 Å². The van der Waals surface area contributed by atoms with E-state index in [1.54, 1.807) is 24.1 Å². The number of hydrogen-bond acceptors (Lipinski definition) is 4. The van der Waals surface area contributed by atoms with Crippen molar-refractivity contribution in [2.24, 2.45) is 17.8 Å². The summed E-state index contributed by atoms with van der Waals surface area (Å²) < 4.78 is 40.4. The predicted octanol–water partition coefficient (Wildman–Crippen LogP) is 4.60. The number of ether oxygens (including phenoxy) is 2. The monoisotopic (exact) mass is 498 g/mol. The van der Waals surface area contributed by atoms with E-state index in [0.717, 1.165) is 5.56 Å². The van der Waals surface area contributed by atoms with Crippen molar-refractivity contribution in [3.63, 3.8) is 0 Å². The topological polar surface area (TPSA) is 59.1 Å². The van der Waals surface area contributed by atoms with Crippen molar-refractivity contribution in [1.29, 1.82) is 0 Å². The zero-order valence-corrected chi connectivity index (χ0v) is 21.5. The summed E-state index contributed by atoms with van der Waals surface area (Å²) in [5, 5.41) is 0. The molecule has 1 saturated carbocycles.